The summed E-state index contributed by atoms with van der Waals surface area (Å²) in [7, 11) is 2.10. The molecule has 176 valence electrons. The molecule has 0 aliphatic carbocycles. The first-order chi connectivity index (χ1) is 15.4. The molecule has 0 atom stereocenters. The van der Waals surface area contributed by atoms with Gasteiger partial charge in [-0.25, -0.2) is 4.98 Å². The number of hydrogen-bond acceptors (Lipinski definition) is 5. The van der Waals surface area contributed by atoms with Gasteiger partial charge < -0.3 is 10.6 Å². The molecule has 0 fully saturated rings. The van der Waals surface area contributed by atoms with Gasteiger partial charge in [-0.2, -0.15) is 4.98 Å². The average Bonchev–Trinajstić information content (AvgIpc) is 2.68. The van der Waals surface area contributed by atoms with Crippen LogP contribution in [0, 0.1) is 12.3 Å². The molecule has 5 nitrogen and oxygen atoms in total. The topological polar surface area (TPSA) is 58.3 Å². The number of nitrogens with zero attached hydrogens (tertiary/aromatic N) is 4. The summed E-state index contributed by atoms with van der Waals surface area (Å²) in [6.45, 7) is 15.0. The molecule has 2 aromatic carbocycles. The lowest BCUT2D eigenvalue weighted by Gasteiger charge is -2.42. The Bertz CT molecular complexity index is 1040. The molecule has 0 unspecified atom stereocenters. The van der Waals surface area contributed by atoms with Crippen LogP contribution in [0.2, 0.25) is 0 Å². The molecule has 1 heterocycles. The fraction of sp³-hybridized carbons (Fsp3) is 0.429. The SMILES string of the molecule is Cc1ccc(N(c2nc(N)cc(CN(C)Cc3ccccc3)n2)C(C)(C)CC(C)(C)C)cc1. The van der Waals surface area contributed by atoms with E-state index >= 15 is 0 Å². The van der Waals surface area contributed by atoms with Crippen LogP contribution in [0.5, 0.6) is 0 Å². The molecule has 0 saturated carbocycles. The summed E-state index contributed by atoms with van der Waals surface area (Å²) in [6.07, 6.45) is 0.968. The summed E-state index contributed by atoms with van der Waals surface area (Å²) in [5.74, 6) is 1.14. The van der Waals surface area contributed by atoms with Crippen LogP contribution in [-0.4, -0.2) is 27.5 Å². The van der Waals surface area contributed by atoms with Gasteiger partial charge in [0.1, 0.15) is 5.82 Å². The molecular formula is C28H39N5. The molecule has 0 aliphatic rings. The minimum absolute atomic E-state index is 0.144. The van der Waals surface area contributed by atoms with E-state index in [0.717, 1.165) is 24.3 Å². The van der Waals surface area contributed by atoms with Crippen molar-refractivity contribution >= 4 is 17.5 Å². The Balaban J connectivity index is 1.96. The highest BCUT2D eigenvalue weighted by atomic mass is 15.3. The molecule has 33 heavy (non-hydrogen) atoms. The highest BCUT2D eigenvalue weighted by Crippen LogP contribution is 2.38. The fourth-order valence-corrected chi connectivity index (χ4v) is 4.72. The van der Waals surface area contributed by atoms with Crippen LogP contribution in [-0.2, 0) is 13.1 Å². The molecule has 0 aliphatic heterocycles. The molecule has 0 spiro atoms. The number of hydrogen-bond donors (Lipinski definition) is 1. The lowest BCUT2D eigenvalue weighted by molar-refractivity contribution is 0.282. The maximum Gasteiger partial charge on any atom is 0.232 e. The van der Waals surface area contributed by atoms with Gasteiger partial charge in [-0.15, -0.1) is 0 Å². The second-order valence-electron chi connectivity index (χ2n) is 11.0. The first-order valence-electron chi connectivity index (χ1n) is 11.7. The van der Waals surface area contributed by atoms with Crippen molar-refractivity contribution in [2.24, 2.45) is 5.41 Å². The number of aryl methyl sites for hydroxylation is 1. The number of benzene rings is 2. The largest absolute Gasteiger partial charge is 0.384 e. The second-order valence-corrected chi connectivity index (χ2v) is 11.0. The van der Waals surface area contributed by atoms with Crippen LogP contribution in [0.1, 0.15) is 57.9 Å². The van der Waals surface area contributed by atoms with Crippen molar-refractivity contribution < 1.29 is 0 Å². The highest BCUT2D eigenvalue weighted by molar-refractivity contribution is 5.61. The predicted molar refractivity (Wildman–Crippen MR) is 140 cm³/mol. The zero-order valence-electron chi connectivity index (χ0n) is 21.3. The predicted octanol–water partition coefficient (Wildman–Crippen LogP) is 6.35. The number of rotatable bonds is 8. The Labute approximate surface area is 199 Å². The number of nitrogen functional groups attached to an aromatic ring is 1. The van der Waals surface area contributed by atoms with Gasteiger partial charge in [0.05, 0.1) is 5.69 Å². The molecule has 1 aromatic heterocycles. The van der Waals surface area contributed by atoms with E-state index in [4.69, 9.17) is 15.7 Å². The van der Waals surface area contributed by atoms with Gasteiger partial charge in [-0.3, -0.25) is 4.90 Å². The van der Waals surface area contributed by atoms with E-state index in [1.807, 2.05) is 12.1 Å². The second kappa shape index (κ2) is 9.92. The van der Waals surface area contributed by atoms with E-state index in [-0.39, 0.29) is 11.0 Å². The Hall–Kier alpha value is -2.92. The van der Waals surface area contributed by atoms with E-state index in [1.165, 1.54) is 11.1 Å². The molecule has 3 rings (SSSR count). The minimum atomic E-state index is -0.214. The number of aromatic nitrogens is 2. The van der Waals surface area contributed by atoms with Crippen molar-refractivity contribution in [2.75, 3.05) is 17.7 Å². The third kappa shape index (κ3) is 7.03. The summed E-state index contributed by atoms with van der Waals surface area (Å²) >= 11 is 0. The van der Waals surface area contributed by atoms with Crippen LogP contribution in [0.3, 0.4) is 0 Å². The van der Waals surface area contributed by atoms with Crippen molar-refractivity contribution in [3.05, 3.63) is 77.5 Å². The van der Waals surface area contributed by atoms with Gasteiger partial charge in [0, 0.05) is 30.4 Å². The zero-order valence-corrected chi connectivity index (χ0v) is 21.3. The lowest BCUT2D eigenvalue weighted by atomic mass is 9.80. The van der Waals surface area contributed by atoms with Gasteiger partial charge in [-0.1, -0.05) is 68.8 Å². The van der Waals surface area contributed by atoms with Crippen molar-refractivity contribution in [3.63, 3.8) is 0 Å². The first kappa shape index (κ1) is 24.7. The molecular weight excluding hydrogens is 406 g/mol. The van der Waals surface area contributed by atoms with Crippen molar-refractivity contribution in [1.29, 1.82) is 0 Å². The monoisotopic (exact) mass is 445 g/mol. The summed E-state index contributed by atoms with van der Waals surface area (Å²) in [4.78, 5) is 14.2. The Morgan fingerprint density at radius 3 is 2.09 bits per heavy atom. The summed E-state index contributed by atoms with van der Waals surface area (Å²) in [5.41, 5.74) is 10.7. The lowest BCUT2D eigenvalue weighted by Crippen LogP contribution is -2.44. The third-order valence-corrected chi connectivity index (χ3v) is 5.57. The Kier molecular flexibility index (Phi) is 7.43. The van der Waals surface area contributed by atoms with E-state index in [0.29, 0.717) is 18.3 Å². The van der Waals surface area contributed by atoms with Crippen molar-refractivity contribution in [2.45, 2.75) is 66.6 Å². The molecule has 0 bridgehead atoms. The highest BCUT2D eigenvalue weighted by Gasteiger charge is 2.34. The Morgan fingerprint density at radius 2 is 1.48 bits per heavy atom. The quantitative estimate of drug-likeness (QED) is 0.438. The van der Waals surface area contributed by atoms with Crippen LogP contribution in [0.15, 0.2) is 60.7 Å². The van der Waals surface area contributed by atoms with Crippen molar-refractivity contribution in [3.8, 4) is 0 Å². The normalized spacial score (nSPS) is 12.2. The van der Waals surface area contributed by atoms with Gasteiger partial charge in [-0.05, 0) is 57.4 Å². The minimum Gasteiger partial charge on any atom is -0.384 e. The van der Waals surface area contributed by atoms with Crippen molar-refractivity contribution in [1.82, 2.24) is 14.9 Å². The molecule has 0 saturated heterocycles. The summed E-state index contributed by atoms with van der Waals surface area (Å²) in [6, 6.07) is 20.9. The van der Waals surface area contributed by atoms with E-state index in [2.05, 4.69) is 107 Å². The fourth-order valence-electron chi connectivity index (χ4n) is 4.72. The molecule has 5 heteroatoms. The molecule has 3 aromatic rings. The molecule has 2 N–H and O–H groups in total. The third-order valence-electron chi connectivity index (χ3n) is 5.57. The van der Waals surface area contributed by atoms with Gasteiger partial charge in [0.2, 0.25) is 5.95 Å². The van der Waals surface area contributed by atoms with E-state index < -0.39 is 0 Å². The Morgan fingerprint density at radius 1 is 0.848 bits per heavy atom. The van der Waals surface area contributed by atoms with E-state index in [9.17, 15) is 0 Å². The maximum atomic E-state index is 6.30. The molecule has 0 radical (unpaired) electrons. The smallest absolute Gasteiger partial charge is 0.232 e. The van der Waals surface area contributed by atoms with Crippen LogP contribution < -0.4 is 10.6 Å². The molecule has 0 amide bonds. The zero-order chi connectivity index (χ0) is 24.2. The van der Waals surface area contributed by atoms with Crippen LogP contribution in [0.25, 0.3) is 0 Å². The summed E-state index contributed by atoms with van der Waals surface area (Å²) in [5, 5.41) is 0. The summed E-state index contributed by atoms with van der Waals surface area (Å²) < 4.78 is 0. The maximum absolute atomic E-state index is 6.30. The van der Waals surface area contributed by atoms with Crippen LogP contribution in [0.4, 0.5) is 17.5 Å². The van der Waals surface area contributed by atoms with Gasteiger partial charge in [0.25, 0.3) is 0 Å². The number of anilines is 3. The average molecular weight is 446 g/mol. The van der Waals surface area contributed by atoms with Gasteiger partial charge >= 0.3 is 0 Å². The van der Waals surface area contributed by atoms with Crippen LogP contribution >= 0.6 is 0 Å². The van der Waals surface area contributed by atoms with E-state index in [1.54, 1.807) is 0 Å². The standard InChI is InChI=1S/C28H39N5/c1-21-13-15-24(16-14-21)33(28(5,6)20-27(2,3)4)26-30-23(17-25(29)31-26)19-32(7)18-22-11-9-8-10-12-22/h8-17H,18-20H2,1-7H3,(H2,29,30,31). The number of nitrogens with two attached hydrogens (primary N) is 1. The van der Waals surface area contributed by atoms with Gasteiger partial charge in [0.15, 0.2) is 0 Å². The first-order valence-corrected chi connectivity index (χ1v) is 11.7.